The van der Waals surface area contributed by atoms with Crippen molar-refractivity contribution in [1.82, 2.24) is 24.7 Å². The van der Waals surface area contributed by atoms with Crippen LogP contribution in [0.15, 0.2) is 18.5 Å². The number of rotatable bonds is 6. The maximum Gasteiger partial charge on any atom is 0.257 e. The second kappa shape index (κ2) is 5.95. The number of nitrogen functional groups attached to an aromatic ring is 1. The normalized spacial score (nSPS) is 10.5. The van der Waals surface area contributed by atoms with Gasteiger partial charge >= 0.3 is 0 Å². The lowest BCUT2D eigenvalue weighted by atomic mass is 10.2. The number of nitrogens with two attached hydrogens (primary N) is 1. The molecule has 0 saturated heterocycles. The Kier molecular flexibility index (Phi) is 4.06. The quantitative estimate of drug-likeness (QED) is 0.746. The zero-order valence-electron chi connectivity index (χ0n) is 10.4. The number of nitrogens with zero attached hydrogens (tertiary/aromatic N) is 5. The summed E-state index contributed by atoms with van der Waals surface area (Å²) in [5.41, 5.74) is 5.65. The SMILES string of the molecule is CCCCCNc1nc(N)nc(-n2cccn2)n1. The van der Waals surface area contributed by atoms with E-state index in [0.29, 0.717) is 11.9 Å². The third kappa shape index (κ3) is 3.16. The van der Waals surface area contributed by atoms with Crippen LogP contribution in [-0.2, 0) is 0 Å². The maximum atomic E-state index is 5.65. The average Bonchev–Trinajstić information content (AvgIpc) is 2.88. The van der Waals surface area contributed by atoms with Crippen LogP contribution in [0.2, 0.25) is 0 Å². The smallest absolute Gasteiger partial charge is 0.257 e. The topological polar surface area (TPSA) is 94.5 Å². The molecule has 7 nitrogen and oxygen atoms in total. The minimum absolute atomic E-state index is 0.188. The third-order valence-corrected chi connectivity index (χ3v) is 2.41. The summed E-state index contributed by atoms with van der Waals surface area (Å²) in [6.07, 6.45) is 6.86. The zero-order valence-corrected chi connectivity index (χ0v) is 10.4. The van der Waals surface area contributed by atoms with Gasteiger partial charge in [-0.3, -0.25) is 0 Å². The maximum absolute atomic E-state index is 5.65. The van der Waals surface area contributed by atoms with Gasteiger partial charge in [0, 0.05) is 18.9 Å². The minimum atomic E-state index is 0.188. The molecule has 0 aliphatic carbocycles. The van der Waals surface area contributed by atoms with Gasteiger partial charge < -0.3 is 11.1 Å². The van der Waals surface area contributed by atoms with Crippen molar-refractivity contribution in [3.8, 4) is 5.95 Å². The van der Waals surface area contributed by atoms with E-state index in [0.717, 1.165) is 13.0 Å². The van der Waals surface area contributed by atoms with Crippen LogP contribution in [0, 0.1) is 0 Å². The number of aromatic nitrogens is 5. The number of hydrogen-bond donors (Lipinski definition) is 2. The lowest BCUT2D eigenvalue weighted by molar-refractivity contribution is 0.737. The van der Waals surface area contributed by atoms with Crippen molar-refractivity contribution in [3.63, 3.8) is 0 Å². The molecule has 0 amide bonds. The second-order valence-corrected chi connectivity index (χ2v) is 3.90. The van der Waals surface area contributed by atoms with Crippen LogP contribution in [0.5, 0.6) is 0 Å². The Bertz CT molecular complexity index is 480. The molecule has 7 heteroatoms. The highest BCUT2D eigenvalue weighted by molar-refractivity contribution is 5.34. The van der Waals surface area contributed by atoms with E-state index in [1.54, 1.807) is 23.1 Å². The summed E-state index contributed by atoms with van der Waals surface area (Å²) in [7, 11) is 0. The molecule has 18 heavy (non-hydrogen) atoms. The van der Waals surface area contributed by atoms with Crippen LogP contribution in [-0.4, -0.2) is 31.3 Å². The van der Waals surface area contributed by atoms with Crippen LogP contribution in [0.3, 0.4) is 0 Å². The van der Waals surface area contributed by atoms with E-state index in [1.807, 2.05) is 0 Å². The summed E-state index contributed by atoms with van der Waals surface area (Å²) >= 11 is 0. The molecule has 0 bridgehead atoms. The summed E-state index contributed by atoms with van der Waals surface area (Å²) in [5, 5.41) is 7.20. The fourth-order valence-corrected chi connectivity index (χ4v) is 1.52. The van der Waals surface area contributed by atoms with Gasteiger partial charge in [-0.1, -0.05) is 19.8 Å². The highest BCUT2D eigenvalue weighted by atomic mass is 15.4. The molecule has 2 aromatic rings. The van der Waals surface area contributed by atoms with E-state index in [1.165, 1.54) is 12.8 Å². The van der Waals surface area contributed by atoms with Gasteiger partial charge in [0.1, 0.15) is 0 Å². The first-order chi connectivity index (χ1) is 8.79. The van der Waals surface area contributed by atoms with E-state index in [2.05, 4.69) is 32.3 Å². The van der Waals surface area contributed by atoms with Crippen molar-refractivity contribution in [2.45, 2.75) is 26.2 Å². The Balaban J connectivity index is 2.07. The molecular weight excluding hydrogens is 230 g/mol. The Morgan fingerprint density at radius 3 is 2.89 bits per heavy atom. The average molecular weight is 247 g/mol. The molecule has 2 heterocycles. The Labute approximate surface area is 105 Å². The number of anilines is 2. The molecule has 2 rings (SSSR count). The van der Waals surface area contributed by atoms with Gasteiger partial charge in [-0.05, 0) is 12.5 Å². The fraction of sp³-hybridized carbons (Fsp3) is 0.455. The molecule has 2 aromatic heterocycles. The number of unbranched alkanes of at least 4 members (excludes halogenated alkanes) is 2. The van der Waals surface area contributed by atoms with Crippen molar-refractivity contribution in [2.24, 2.45) is 0 Å². The predicted octanol–water partition coefficient (Wildman–Crippen LogP) is 1.24. The van der Waals surface area contributed by atoms with E-state index < -0.39 is 0 Å². The molecule has 0 fully saturated rings. The molecule has 3 N–H and O–H groups in total. The van der Waals surface area contributed by atoms with E-state index in [9.17, 15) is 0 Å². The van der Waals surface area contributed by atoms with Crippen LogP contribution in [0.4, 0.5) is 11.9 Å². The molecule has 0 spiro atoms. The van der Waals surface area contributed by atoms with Crippen molar-refractivity contribution in [2.75, 3.05) is 17.6 Å². The van der Waals surface area contributed by atoms with Gasteiger partial charge in [-0.15, -0.1) is 0 Å². The standard InChI is InChI=1S/C11H17N7/c1-2-3-4-6-13-10-15-9(12)16-11(17-10)18-8-5-7-14-18/h5,7-8H,2-4,6H2,1H3,(H3,12,13,15,16,17). The third-order valence-electron chi connectivity index (χ3n) is 2.41. The molecule has 0 aliphatic rings. The van der Waals surface area contributed by atoms with Gasteiger partial charge in [0.05, 0.1) is 0 Å². The molecule has 0 unspecified atom stereocenters. The molecule has 96 valence electrons. The highest BCUT2D eigenvalue weighted by Gasteiger charge is 2.05. The zero-order chi connectivity index (χ0) is 12.8. The Morgan fingerprint density at radius 2 is 2.17 bits per heavy atom. The summed E-state index contributed by atoms with van der Waals surface area (Å²) < 4.78 is 1.55. The first-order valence-electron chi connectivity index (χ1n) is 6.05. The Hall–Kier alpha value is -2.18. The molecular formula is C11H17N7. The van der Waals surface area contributed by atoms with Crippen LogP contribution in [0.1, 0.15) is 26.2 Å². The fourth-order valence-electron chi connectivity index (χ4n) is 1.52. The summed E-state index contributed by atoms with van der Waals surface area (Å²) in [6, 6.07) is 1.80. The number of hydrogen-bond acceptors (Lipinski definition) is 6. The first kappa shape index (κ1) is 12.3. The largest absolute Gasteiger partial charge is 0.368 e. The second-order valence-electron chi connectivity index (χ2n) is 3.90. The molecule has 0 radical (unpaired) electrons. The Morgan fingerprint density at radius 1 is 1.28 bits per heavy atom. The van der Waals surface area contributed by atoms with Crippen LogP contribution < -0.4 is 11.1 Å². The van der Waals surface area contributed by atoms with Crippen molar-refractivity contribution in [3.05, 3.63) is 18.5 Å². The van der Waals surface area contributed by atoms with Gasteiger partial charge in [0.25, 0.3) is 5.95 Å². The molecule has 0 atom stereocenters. The highest BCUT2D eigenvalue weighted by Crippen LogP contribution is 2.06. The van der Waals surface area contributed by atoms with Gasteiger partial charge in [0.15, 0.2) is 0 Å². The monoisotopic (exact) mass is 247 g/mol. The van der Waals surface area contributed by atoms with Gasteiger partial charge in [-0.2, -0.15) is 20.1 Å². The minimum Gasteiger partial charge on any atom is -0.368 e. The first-order valence-corrected chi connectivity index (χ1v) is 6.05. The summed E-state index contributed by atoms with van der Waals surface area (Å²) in [5.74, 6) is 1.10. The van der Waals surface area contributed by atoms with E-state index in [-0.39, 0.29) is 5.95 Å². The van der Waals surface area contributed by atoms with Crippen molar-refractivity contribution in [1.29, 1.82) is 0 Å². The van der Waals surface area contributed by atoms with Crippen molar-refractivity contribution < 1.29 is 0 Å². The summed E-state index contributed by atoms with van der Waals surface area (Å²) in [6.45, 7) is 2.99. The molecule has 0 aliphatic heterocycles. The van der Waals surface area contributed by atoms with Crippen LogP contribution in [0.25, 0.3) is 5.95 Å². The van der Waals surface area contributed by atoms with E-state index in [4.69, 9.17) is 5.73 Å². The lowest BCUT2D eigenvalue weighted by Crippen LogP contribution is -2.12. The number of nitrogens with one attached hydrogen (secondary N) is 1. The van der Waals surface area contributed by atoms with Gasteiger partial charge in [-0.25, -0.2) is 4.68 Å². The molecule has 0 saturated carbocycles. The predicted molar refractivity (Wildman–Crippen MR) is 69.4 cm³/mol. The van der Waals surface area contributed by atoms with E-state index >= 15 is 0 Å². The lowest BCUT2D eigenvalue weighted by Gasteiger charge is -2.06. The molecule has 0 aromatic carbocycles. The van der Waals surface area contributed by atoms with Crippen LogP contribution >= 0.6 is 0 Å². The van der Waals surface area contributed by atoms with Crippen molar-refractivity contribution >= 4 is 11.9 Å². The summed E-state index contributed by atoms with van der Waals surface area (Å²) in [4.78, 5) is 12.3. The van der Waals surface area contributed by atoms with Gasteiger partial charge in [0.2, 0.25) is 11.9 Å².